The molecule has 1 saturated heterocycles. The quantitative estimate of drug-likeness (QED) is 0.521. The SMILES string of the molecule is CCCc1ccc(C(=O)COC(=O)[C@H]2CS[C@@H](c3ccco3)N2C(C)=O)cc1. The summed E-state index contributed by atoms with van der Waals surface area (Å²) in [6.07, 6.45) is 3.53. The number of nitrogens with zero attached hydrogens (tertiary/aromatic N) is 1. The van der Waals surface area contributed by atoms with Crippen molar-refractivity contribution in [2.24, 2.45) is 0 Å². The smallest absolute Gasteiger partial charge is 0.330 e. The van der Waals surface area contributed by atoms with Crippen LogP contribution in [0.25, 0.3) is 0 Å². The molecule has 0 spiro atoms. The summed E-state index contributed by atoms with van der Waals surface area (Å²) in [5, 5.41) is -0.369. The molecule has 2 atom stereocenters. The average molecular weight is 401 g/mol. The maximum absolute atomic E-state index is 12.5. The number of furan rings is 1. The molecule has 2 aromatic rings. The number of carbonyl (C=O) groups excluding carboxylic acids is 3. The summed E-state index contributed by atoms with van der Waals surface area (Å²) >= 11 is 1.44. The lowest BCUT2D eigenvalue weighted by Crippen LogP contribution is -2.43. The maximum atomic E-state index is 12.5. The van der Waals surface area contributed by atoms with Crippen LogP contribution < -0.4 is 0 Å². The number of amides is 1. The summed E-state index contributed by atoms with van der Waals surface area (Å²) in [7, 11) is 0. The van der Waals surface area contributed by atoms with Crippen molar-refractivity contribution in [3.8, 4) is 0 Å². The highest BCUT2D eigenvalue weighted by Gasteiger charge is 2.43. The van der Waals surface area contributed by atoms with E-state index in [4.69, 9.17) is 9.15 Å². The third-order valence-electron chi connectivity index (χ3n) is 4.58. The molecule has 0 N–H and O–H groups in total. The molecule has 0 radical (unpaired) electrons. The Bertz CT molecular complexity index is 831. The van der Waals surface area contributed by atoms with E-state index >= 15 is 0 Å². The number of hydrogen-bond acceptors (Lipinski definition) is 6. The molecule has 0 unspecified atom stereocenters. The molecule has 3 rings (SSSR count). The van der Waals surface area contributed by atoms with Crippen LogP contribution in [0.15, 0.2) is 47.1 Å². The molecule has 0 aliphatic carbocycles. The van der Waals surface area contributed by atoms with Crippen molar-refractivity contribution in [2.45, 2.75) is 38.1 Å². The average Bonchev–Trinajstić information content (AvgIpc) is 3.36. The van der Waals surface area contributed by atoms with Gasteiger partial charge in [-0.05, 0) is 24.1 Å². The van der Waals surface area contributed by atoms with Crippen molar-refractivity contribution in [3.63, 3.8) is 0 Å². The molecule has 0 saturated carbocycles. The molecule has 1 aromatic carbocycles. The van der Waals surface area contributed by atoms with Gasteiger partial charge in [-0.15, -0.1) is 11.8 Å². The number of carbonyl (C=O) groups is 3. The highest BCUT2D eigenvalue weighted by Crippen LogP contribution is 2.41. The van der Waals surface area contributed by atoms with Crippen LogP contribution in [-0.2, 0) is 20.7 Å². The van der Waals surface area contributed by atoms with Crippen molar-refractivity contribution in [1.29, 1.82) is 0 Å². The summed E-state index contributed by atoms with van der Waals surface area (Å²) < 4.78 is 10.6. The number of benzene rings is 1. The predicted molar refractivity (Wildman–Crippen MR) is 106 cm³/mol. The highest BCUT2D eigenvalue weighted by molar-refractivity contribution is 7.99. The molecule has 1 amide bonds. The van der Waals surface area contributed by atoms with E-state index in [-0.39, 0.29) is 23.7 Å². The van der Waals surface area contributed by atoms with Gasteiger partial charge in [-0.3, -0.25) is 9.59 Å². The molecular formula is C21H23NO5S. The lowest BCUT2D eigenvalue weighted by molar-refractivity contribution is -0.152. The van der Waals surface area contributed by atoms with Crippen LogP contribution in [0.4, 0.5) is 0 Å². The molecule has 2 heterocycles. The Morgan fingerprint density at radius 1 is 1.21 bits per heavy atom. The zero-order chi connectivity index (χ0) is 20.1. The van der Waals surface area contributed by atoms with Gasteiger partial charge < -0.3 is 14.1 Å². The lowest BCUT2D eigenvalue weighted by atomic mass is 10.1. The number of thioether (sulfide) groups is 1. The van der Waals surface area contributed by atoms with Crippen molar-refractivity contribution in [1.82, 2.24) is 4.90 Å². The summed E-state index contributed by atoms with van der Waals surface area (Å²) in [6.45, 7) is 3.16. The minimum Gasteiger partial charge on any atom is -0.466 e. The summed E-state index contributed by atoms with van der Waals surface area (Å²) in [5.41, 5.74) is 1.67. The third kappa shape index (κ3) is 4.47. The number of Topliss-reactive ketones (excluding diaryl/α,β-unsaturated/α-hetero) is 1. The minimum absolute atomic E-state index is 0.244. The molecule has 6 nitrogen and oxygen atoms in total. The highest BCUT2D eigenvalue weighted by atomic mass is 32.2. The first-order valence-electron chi connectivity index (χ1n) is 9.24. The number of hydrogen-bond donors (Lipinski definition) is 0. The van der Waals surface area contributed by atoms with Crippen molar-refractivity contribution in [2.75, 3.05) is 12.4 Å². The maximum Gasteiger partial charge on any atom is 0.330 e. The van der Waals surface area contributed by atoms with Gasteiger partial charge in [-0.2, -0.15) is 0 Å². The normalized spacial score (nSPS) is 18.9. The summed E-state index contributed by atoms with van der Waals surface area (Å²) in [4.78, 5) is 38.4. The van der Waals surface area contributed by atoms with Crippen LogP contribution in [0.3, 0.4) is 0 Å². The van der Waals surface area contributed by atoms with Crippen molar-refractivity contribution in [3.05, 3.63) is 59.5 Å². The van der Waals surface area contributed by atoms with E-state index in [9.17, 15) is 14.4 Å². The van der Waals surface area contributed by atoms with Crippen LogP contribution in [-0.4, -0.2) is 41.0 Å². The predicted octanol–water partition coefficient (Wildman–Crippen LogP) is 3.62. The second kappa shape index (κ2) is 9.10. The van der Waals surface area contributed by atoms with Crippen LogP contribution in [0, 0.1) is 0 Å². The zero-order valence-corrected chi connectivity index (χ0v) is 16.7. The first-order chi connectivity index (χ1) is 13.5. The van der Waals surface area contributed by atoms with Gasteiger partial charge in [-0.1, -0.05) is 37.6 Å². The Morgan fingerprint density at radius 2 is 1.96 bits per heavy atom. The van der Waals surface area contributed by atoms with Crippen LogP contribution in [0.5, 0.6) is 0 Å². The van der Waals surface area contributed by atoms with E-state index < -0.39 is 12.0 Å². The van der Waals surface area contributed by atoms with E-state index in [1.807, 2.05) is 12.1 Å². The summed E-state index contributed by atoms with van der Waals surface area (Å²) in [5.74, 6) is -0.0828. The van der Waals surface area contributed by atoms with Crippen molar-refractivity contribution >= 4 is 29.4 Å². The largest absolute Gasteiger partial charge is 0.466 e. The molecule has 1 aliphatic rings. The van der Waals surface area contributed by atoms with Gasteiger partial charge in [0.2, 0.25) is 5.91 Å². The molecule has 148 valence electrons. The minimum atomic E-state index is -0.739. The van der Waals surface area contributed by atoms with E-state index in [0.717, 1.165) is 12.8 Å². The number of rotatable bonds is 7. The molecule has 28 heavy (non-hydrogen) atoms. The second-order valence-corrected chi connectivity index (χ2v) is 7.73. The summed E-state index contributed by atoms with van der Waals surface area (Å²) in [6, 6.07) is 10.1. The number of ketones is 1. The molecule has 1 aliphatic heterocycles. The van der Waals surface area contributed by atoms with E-state index in [2.05, 4.69) is 6.92 Å². The number of aryl methyl sites for hydroxylation is 1. The fourth-order valence-corrected chi connectivity index (χ4v) is 4.60. The Kier molecular flexibility index (Phi) is 6.57. The fourth-order valence-electron chi connectivity index (χ4n) is 3.19. The van der Waals surface area contributed by atoms with Gasteiger partial charge in [-0.25, -0.2) is 4.79 Å². The fraction of sp³-hybridized carbons (Fsp3) is 0.381. The third-order valence-corrected chi connectivity index (χ3v) is 5.87. The van der Waals surface area contributed by atoms with Crippen molar-refractivity contribution < 1.29 is 23.5 Å². The first kappa shape index (κ1) is 20.2. The molecule has 0 bridgehead atoms. The second-order valence-electron chi connectivity index (χ2n) is 6.62. The van der Waals surface area contributed by atoms with Gasteiger partial charge in [0, 0.05) is 18.2 Å². The van der Waals surface area contributed by atoms with Crippen LogP contribution in [0.2, 0.25) is 0 Å². The Morgan fingerprint density at radius 3 is 2.57 bits per heavy atom. The monoisotopic (exact) mass is 401 g/mol. The molecular weight excluding hydrogens is 378 g/mol. The van der Waals surface area contributed by atoms with Gasteiger partial charge in [0.1, 0.15) is 17.2 Å². The Balaban J connectivity index is 1.60. The van der Waals surface area contributed by atoms with E-state index in [1.54, 1.807) is 24.3 Å². The molecule has 1 aromatic heterocycles. The topological polar surface area (TPSA) is 76.8 Å². The van der Waals surface area contributed by atoms with E-state index in [1.165, 1.54) is 35.4 Å². The van der Waals surface area contributed by atoms with Gasteiger partial charge in [0.25, 0.3) is 0 Å². The molecule has 1 fully saturated rings. The Labute approximate surface area is 168 Å². The zero-order valence-electron chi connectivity index (χ0n) is 15.9. The van der Waals surface area contributed by atoms with Crippen LogP contribution >= 0.6 is 11.8 Å². The lowest BCUT2D eigenvalue weighted by Gasteiger charge is -2.25. The Hall–Kier alpha value is -2.54. The standard InChI is InChI=1S/C21H23NO5S/c1-3-5-15-7-9-16(10-8-15)18(24)12-27-21(25)17-13-28-20(22(17)14(2)23)19-6-4-11-26-19/h4,6-11,17,20H,3,5,12-13H2,1-2H3/t17-,20+/m1/s1. The molecule has 7 heteroatoms. The first-order valence-corrected chi connectivity index (χ1v) is 10.3. The van der Waals surface area contributed by atoms with Crippen LogP contribution in [0.1, 0.15) is 47.3 Å². The number of esters is 1. The van der Waals surface area contributed by atoms with Gasteiger partial charge in [0.05, 0.1) is 6.26 Å². The van der Waals surface area contributed by atoms with E-state index in [0.29, 0.717) is 17.1 Å². The number of ether oxygens (including phenoxy) is 1. The van der Waals surface area contributed by atoms with Gasteiger partial charge in [0.15, 0.2) is 12.4 Å². The van der Waals surface area contributed by atoms with Gasteiger partial charge >= 0.3 is 5.97 Å².